The summed E-state index contributed by atoms with van der Waals surface area (Å²) >= 11 is 0. The van der Waals surface area contributed by atoms with Crippen LogP contribution in [0.15, 0.2) is 16.2 Å². The molecule has 0 unspecified atom stereocenters. The van der Waals surface area contributed by atoms with Crippen molar-refractivity contribution in [2.45, 2.75) is 26.7 Å². The van der Waals surface area contributed by atoms with E-state index >= 15 is 0 Å². The first-order valence-corrected chi connectivity index (χ1v) is 8.17. The van der Waals surface area contributed by atoms with Crippen molar-refractivity contribution >= 4 is 22.2 Å². The molecule has 8 nitrogen and oxygen atoms in total. The van der Waals surface area contributed by atoms with Crippen molar-refractivity contribution < 1.29 is 31.7 Å². The molecule has 9 heteroatoms. The number of hydrogen-bond acceptors (Lipinski definition) is 6. The lowest BCUT2D eigenvalue weighted by molar-refractivity contribution is -0.870. The molecule has 0 saturated heterocycles. The summed E-state index contributed by atoms with van der Waals surface area (Å²) in [5.41, 5.74) is 0. The summed E-state index contributed by atoms with van der Waals surface area (Å²) in [6, 6.07) is 0. The van der Waals surface area contributed by atoms with Gasteiger partial charge in [0.1, 0.15) is 18.9 Å². The van der Waals surface area contributed by atoms with Crippen LogP contribution in [0.2, 0.25) is 0 Å². The zero-order chi connectivity index (χ0) is 17.4. The second-order valence-electron chi connectivity index (χ2n) is 5.68. The van der Waals surface area contributed by atoms with Gasteiger partial charge in [0, 0.05) is 12.3 Å². The molecule has 0 fully saturated rings. The maximum atomic E-state index is 10.9. The predicted molar refractivity (Wildman–Crippen MR) is 80.0 cm³/mol. The van der Waals surface area contributed by atoms with E-state index in [2.05, 4.69) is 29.7 Å². The summed E-state index contributed by atoms with van der Waals surface area (Å²) in [4.78, 5) is 10.9. The first kappa shape index (κ1) is 20.4. The average Bonchev–Trinajstić information content (AvgIpc) is 2.24. The summed E-state index contributed by atoms with van der Waals surface area (Å²) in [6.45, 7) is 4.74. The Hall–Kier alpha value is -1.61. The van der Waals surface area contributed by atoms with E-state index in [0.717, 1.165) is 23.5 Å². The van der Waals surface area contributed by atoms with Gasteiger partial charge in [0.25, 0.3) is 0 Å². The van der Waals surface area contributed by atoms with Gasteiger partial charge in [-0.1, -0.05) is 6.92 Å². The molecule has 0 atom stereocenters. The number of carbonyl (C=O) groups is 1. The Labute approximate surface area is 131 Å². The molecule has 0 radical (unpaired) electrons. The lowest BCUT2D eigenvalue weighted by atomic mass is 10.3. The van der Waals surface area contributed by atoms with Gasteiger partial charge < -0.3 is 18.5 Å². The van der Waals surface area contributed by atoms with Crippen molar-refractivity contribution in [2.24, 2.45) is 4.40 Å². The van der Waals surface area contributed by atoms with E-state index in [4.69, 9.17) is 4.74 Å². The summed E-state index contributed by atoms with van der Waals surface area (Å²) in [6.07, 6.45) is 2.40. The standard InChI is InChI=1S/C9H20NO2.C4H5NO4S/c1-5-6-9(11)12-8-7-10(2,3)4;1-3-2-4(6)5-10(7,8)9-3/h5-8H2,1-4H3;2H,1H3,(H,5,6)/q+1;/p-1. The second kappa shape index (κ2) is 8.74. The Balaban J connectivity index is 0.000000406. The van der Waals surface area contributed by atoms with Crippen molar-refractivity contribution in [1.29, 1.82) is 0 Å². The van der Waals surface area contributed by atoms with Gasteiger partial charge in [0.05, 0.1) is 21.1 Å². The molecule has 0 aromatic rings. The maximum absolute atomic E-state index is 10.9. The molecule has 22 heavy (non-hydrogen) atoms. The molecule has 0 amide bonds. The van der Waals surface area contributed by atoms with Crippen molar-refractivity contribution in [3.63, 3.8) is 0 Å². The first-order chi connectivity index (χ1) is 9.95. The first-order valence-electron chi connectivity index (χ1n) is 6.81. The topological polar surface area (TPSA) is 105 Å². The van der Waals surface area contributed by atoms with Gasteiger partial charge in [-0.15, -0.1) is 4.40 Å². The summed E-state index contributed by atoms with van der Waals surface area (Å²) in [7, 11) is 2.26. The minimum absolute atomic E-state index is 0.0417. The van der Waals surface area contributed by atoms with Crippen LogP contribution in [-0.4, -0.2) is 59.1 Å². The average molecular weight is 336 g/mol. The van der Waals surface area contributed by atoms with Gasteiger partial charge in [0.15, 0.2) is 0 Å². The molecule has 0 spiro atoms. The SMILES string of the molecule is CC1=CC([O-])=NS(=O)(=O)O1.CCCC(=O)OCC[N+](C)(C)C. The fourth-order valence-corrected chi connectivity index (χ4v) is 1.92. The molecule has 0 N–H and O–H groups in total. The highest BCUT2D eigenvalue weighted by atomic mass is 32.2. The van der Waals surface area contributed by atoms with E-state index < -0.39 is 16.2 Å². The summed E-state index contributed by atoms with van der Waals surface area (Å²) in [5.74, 6) is -0.838. The Morgan fingerprint density at radius 2 is 2.00 bits per heavy atom. The van der Waals surface area contributed by atoms with Crippen LogP contribution in [0.25, 0.3) is 0 Å². The minimum atomic E-state index is -3.97. The molecule has 0 bridgehead atoms. The van der Waals surface area contributed by atoms with E-state index in [1.807, 2.05) is 6.92 Å². The summed E-state index contributed by atoms with van der Waals surface area (Å²) in [5, 5.41) is 10.4. The van der Waals surface area contributed by atoms with E-state index in [-0.39, 0.29) is 11.7 Å². The smallest absolute Gasteiger partial charge is 0.427 e. The van der Waals surface area contributed by atoms with Crippen molar-refractivity contribution in [2.75, 3.05) is 34.3 Å². The van der Waals surface area contributed by atoms with Crippen LogP contribution in [0, 0.1) is 0 Å². The van der Waals surface area contributed by atoms with Crippen LogP contribution in [0.3, 0.4) is 0 Å². The number of quaternary nitrogens is 1. The van der Waals surface area contributed by atoms with Gasteiger partial charge in [-0.2, -0.15) is 8.42 Å². The fraction of sp³-hybridized carbons (Fsp3) is 0.692. The molecule has 1 rings (SSSR count). The van der Waals surface area contributed by atoms with Crippen LogP contribution in [0.1, 0.15) is 26.7 Å². The van der Waals surface area contributed by atoms with Crippen LogP contribution in [-0.2, 0) is 24.0 Å². The van der Waals surface area contributed by atoms with Crippen molar-refractivity contribution in [3.05, 3.63) is 11.8 Å². The summed E-state index contributed by atoms with van der Waals surface area (Å²) < 4.78 is 33.6. The Morgan fingerprint density at radius 1 is 1.41 bits per heavy atom. The van der Waals surface area contributed by atoms with E-state index in [9.17, 15) is 18.3 Å². The van der Waals surface area contributed by atoms with Gasteiger partial charge in [0.2, 0.25) is 0 Å². The zero-order valence-corrected chi connectivity index (χ0v) is 14.5. The molecule has 0 aromatic carbocycles. The highest BCUT2D eigenvalue weighted by Gasteiger charge is 2.12. The molecule has 1 aliphatic heterocycles. The van der Waals surface area contributed by atoms with Crippen LogP contribution >= 0.6 is 0 Å². The number of likely N-dealkylation sites (N-methyl/N-ethyl adjacent to an activating group) is 1. The number of hydrogen-bond donors (Lipinski definition) is 0. The quantitative estimate of drug-likeness (QED) is 0.515. The predicted octanol–water partition coefficient (Wildman–Crippen LogP) is -0.0401. The number of rotatable bonds is 5. The molecule has 0 saturated carbocycles. The second-order valence-corrected chi connectivity index (χ2v) is 6.88. The number of nitrogens with zero attached hydrogens (tertiary/aromatic N) is 2. The highest BCUT2D eigenvalue weighted by Crippen LogP contribution is 2.09. The minimum Gasteiger partial charge on any atom is -0.858 e. The number of esters is 1. The maximum Gasteiger partial charge on any atom is 0.427 e. The van der Waals surface area contributed by atoms with E-state index in [0.29, 0.717) is 13.0 Å². The third-order valence-corrected chi connectivity index (χ3v) is 3.12. The van der Waals surface area contributed by atoms with Gasteiger partial charge in [-0.3, -0.25) is 4.79 Å². The van der Waals surface area contributed by atoms with E-state index in [1.54, 1.807) is 0 Å². The van der Waals surface area contributed by atoms with Gasteiger partial charge in [-0.05, 0) is 19.4 Å². The monoisotopic (exact) mass is 336 g/mol. The number of ether oxygens (including phenoxy) is 1. The lowest BCUT2D eigenvalue weighted by Crippen LogP contribution is -2.37. The van der Waals surface area contributed by atoms with Crippen LogP contribution < -0.4 is 5.11 Å². The Kier molecular flexibility index (Phi) is 8.10. The molecular formula is C13H24N2O6S. The Morgan fingerprint density at radius 3 is 2.41 bits per heavy atom. The van der Waals surface area contributed by atoms with Gasteiger partial charge >= 0.3 is 16.3 Å². The largest absolute Gasteiger partial charge is 0.858 e. The molecule has 0 aromatic heterocycles. The highest BCUT2D eigenvalue weighted by molar-refractivity contribution is 7.85. The van der Waals surface area contributed by atoms with Crippen molar-refractivity contribution in [1.82, 2.24) is 0 Å². The van der Waals surface area contributed by atoms with Crippen molar-refractivity contribution in [3.8, 4) is 0 Å². The zero-order valence-electron chi connectivity index (χ0n) is 13.7. The Bertz CT molecular complexity index is 531. The molecule has 0 aliphatic carbocycles. The van der Waals surface area contributed by atoms with Crippen LogP contribution in [0.4, 0.5) is 0 Å². The third kappa shape index (κ3) is 11.1. The molecule has 1 heterocycles. The molecule has 1 aliphatic rings. The van der Waals surface area contributed by atoms with Crippen LogP contribution in [0.5, 0.6) is 0 Å². The number of carbonyl (C=O) groups excluding carboxylic acids is 1. The lowest BCUT2D eigenvalue weighted by Gasteiger charge is -2.23. The van der Waals surface area contributed by atoms with E-state index in [1.165, 1.54) is 6.92 Å². The number of allylic oxidation sites excluding steroid dienone is 1. The normalized spacial score (nSPS) is 16.4. The fourth-order valence-electron chi connectivity index (χ4n) is 1.23. The third-order valence-electron chi connectivity index (χ3n) is 2.24. The molecule has 128 valence electrons. The molecular weight excluding hydrogens is 312 g/mol. The van der Waals surface area contributed by atoms with Gasteiger partial charge in [-0.25, -0.2) is 0 Å².